The molecule has 0 spiro atoms. The van der Waals surface area contributed by atoms with Crippen LogP contribution < -0.4 is 4.18 Å². The van der Waals surface area contributed by atoms with Gasteiger partial charge >= 0.3 is 21.6 Å². The number of nitrogens with zero attached hydrogens (tertiary/aromatic N) is 3. The zero-order chi connectivity index (χ0) is 24.6. The minimum Gasteiger partial charge on any atom is -0.465 e. The van der Waals surface area contributed by atoms with Crippen molar-refractivity contribution in [3.63, 3.8) is 0 Å². The first-order chi connectivity index (χ1) is 15.4. The molecule has 174 valence electrons. The number of nitriles is 1. The molecule has 1 aliphatic rings. The average molecular weight is 485 g/mol. The Morgan fingerprint density at radius 2 is 1.91 bits per heavy atom. The molecule has 1 aromatic carbocycles. The smallest absolute Gasteiger partial charge is 0.465 e. The number of nitro groups is 1. The van der Waals surface area contributed by atoms with Crippen molar-refractivity contribution in [3.05, 3.63) is 51.7 Å². The van der Waals surface area contributed by atoms with Gasteiger partial charge in [-0.05, 0) is 43.5 Å². The van der Waals surface area contributed by atoms with Gasteiger partial charge < -0.3 is 8.92 Å². The van der Waals surface area contributed by atoms with Crippen LogP contribution in [0.25, 0.3) is 11.1 Å². The molecule has 10 nitrogen and oxygen atoms in total. The molecule has 33 heavy (non-hydrogen) atoms. The largest absolute Gasteiger partial charge is 0.534 e. The van der Waals surface area contributed by atoms with E-state index in [4.69, 9.17) is 4.74 Å². The van der Waals surface area contributed by atoms with Crippen molar-refractivity contribution in [2.24, 2.45) is 0 Å². The maximum absolute atomic E-state index is 12.9. The SMILES string of the molecule is CCOC(=O)C1(c2cc(-c3ccc([N+](=O)[O-])cc3)c(C#N)c(OS(=O)(=O)C(F)(F)F)n2)CC1. The van der Waals surface area contributed by atoms with E-state index in [1.165, 1.54) is 18.2 Å². The van der Waals surface area contributed by atoms with Crippen molar-refractivity contribution in [1.29, 1.82) is 5.26 Å². The molecule has 1 heterocycles. The third kappa shape index (κ3) is 4.44. The number of carbonyl (C=O) groups excluding carboxylic acids is 1. The van der Waals surface area contributed by atoms with Crippen LogP contribution in [-0.2, 0) is 25.1 Å². The number of halogens is 3. The van der Waals surface area contributed by atoms with Crippen LogP contribution in [0.4, 0.5) is 18.9 Å². The lowest BCUT2D eigenvalue weighted by Crippen LogP contribution is -2.29. The van der Waals surface area contributed by atoms with Gasteiger partial charge in [-0.25, -0.2) is 4.98 Å². The van der Waals surface area contributed by atoms with Gasteiger partial charge in [0.25, 0.3) is 11.6 Å². The van der Waals surface area contributed by atoms with E-state index in [0.717, 1.165) is 12.1 Å². The number of nitro benzene ring substituents is 1. The number of pyridine rings is 1. The summed E-state index contributed by atoms with van der Waals surface area (Å²) in [5, 5.41) is 20.5. The van der Waals surface area contributed by atoms with Crippen LogP contribution in [0.1, 0.15) is 31.0 Å². The van der Waals surface area contributed by atoms with Crippen molar-refractivity contribution >= 4 is 21.8 Å². The molecule has 14 heteroatoms. The normalized spacial score (nSPS) is 14.8. The van der Waals surface area contributed by atoms with Crippen molar-refractivity contribution in [2.45, 2.75) is 30.7 Å². The highest BCUT2D eigenvalue weighted by Crippen LogP contribution is 2.50. The van der Waals surface area contributed by atoms with Crippen LogP contribution in [0.15, 0.2) is 30.3 Å². The van der Waals surface area contributed by atoms with Gasteiger partial charge in [0.05, 0.1) is 17.2 Å². The lowest BCUT2D eigenvalue weighted by Gasteiger charge is -2.18. The summed E-state index contributed by atoms with van der Waals surface area (Å²) in [5.74, 6) is -1.89. The third-order valence-corrected chi connectivity index (χ3v) is 5.81. The lowest BCUT2D eigenvalue weighted by atomic mass is 9.95. The molecule has 0 atom stereocenters. The van der Waals surface area contributed by atoms with E-state index >= 15 is 0 Å². The molecular weight excluding hydrogens is 471 g/mol. The number of benzene rings is 1. The number of hydrogen-bond donors (Lipinski definition) is 0. The summed E-state index contributed by atoms with van der Waals surface area (Å²) in [6, 6.07) is 7.39. The predicted octanol–water partition coefficient (Wildman–Crippen LogP) is 3.35. The van der Waals surface area contributed by atoms with Gasteiger partial charge in [-0.2, -0.15) is 26.9 Å². The van der Waals surface area contributed by atoms with Crippen molar-refractivity contribution in [1.82, 2.24) is 4.98 Å². The molecule has 1 fully saturated rings. The van der Waals surface area contributed by atoms with E-state index in [-0.39, 0.29) is 42.0 Å². The summed E-state index contributed by atoms with van der Waals surface area (Å²) < 4.78 is 71.1. The number of carbonyl (C=O) groups is 1. The number of aromatic nitrogens is 1. The topological polar surface area (TPSA) is 149 Å². The summed E-state index contributed by atoms with van der Waals surface area (Å²) in [4.78, 5) is 26.5. The van der Waals surface area contributed by atoms with Crippen molar-refractivity contribution < 1.29 is 40.2 Å². The molecule has 0 saturated heterocycles. The van der Waals surface area contributed by atoms with Crippen LogP contribution in [0.3, 0.4) is 0 Å². The molecule has 1 aromatic heterocycles. The van der Waals surface area contributed by atoms with Gasteiger partial charge in [-0.1, -0.05) is 0 Å². The molecule has 1 aliphatic carbocycles. The Balaban J connectivity index is 2.24. The number of hydrogen-bond acceptors (Lipinski definition) is 9. The van der Waals surface area contributed by atoms with Gasteiger partial charge in [-0.15, -0.1) is 0 Å². The molecule has 0 bridgehead atoms. The minimum atomic E-state index is -6.19. The fraction of sp³-hybridized carbons (Fsp3) is 0.316. The predicted molar refractivity (Wildman–Crippen MR) is 104 cm³/mol. The van der Waals surface area contributed by atoms with Gasteiger partial charge in [0.1, 0.15) is 17.0 Å². The van der Waals surface area contributed by atoms with E-state index < -0.39 is 43.4 Å². The summed E-state index contributed by atoms with van der Waals surface area (Å²) in [6.45, 7) is 1.56. The van der Waals surface area contributed by atoms with Crippen LogP contribution >= 0.6 is 0 Å². The zero-order valence-corrected chi connectivity index (χ0v) is 17.6. The second kappa shape index (κ2) is 8.32. The number of alkyl halides is 3. The van der Waals surface area contributed by atoms with E-state index in [0.29, 0.717) is 0 Å². The van der Waals surface area contributed by atoms with E-state index in [1.54, 1.807) is 13.0 Å². The fourth-order valence-corrected chi connectivity index (χ4v) is 3.46. The first kappa shape index (κ1) is 23.9. The maximum Gasteiger partial charge on any atom is 0.534 e. The standard InChI is InChI=1S/C19H14F3N3O7S/c1-2-31-17(26)18(7-8-18)15-9-13(11-3-5-12(6-4-11)25(27)28)14(10-23)16(24-15)32-33(29,30)19(20,21)22/h3-6,9H,2,7-8H2,1H3. The molecular formula is C19H14F3N3O7S. The molecule has 2 aromatic rings. The molecule has 3 rings (SSSR count). The van der Waals surface area contributed by atoms with E-state index in [2.05, 4.69) is 9.17 Å². The summed E-state index contributed by atoms with van der Waals surface area (Å²) >= 11 is 0. The highest BCUT2D eigenvalue weighted by molar-refractivity contribution is 7.87. The van der Waals surface area contributed by atoms with Gasteiger partial charge in [0, 0.05) is 17.7 Å². The van der Waals surface area contributed by atoms with Crippen molar-refractivity contribution in [3.8, 4) is 23.1 Å². The second-order valence-corrected chi connectivity index (χ2v) is 8.47. The third-order valence-electron chi connectivity index (χ3n) is 4.87. The van der Waals surface area contributed by atoms with Gasteiger partial charge in [-0.3, -0.25) is 14.9 Å². The first-order valence-corrected chi connectivity index (χ1v) is 10.7. The highest BCUT2D eigenvalue weighted by Gasteiger charge is 2.55. The number of esters is 1. The second-order valence-electron chi connectivity index (χ2n) is 6.94. The summed E-state index contributed by atoms with van der Waals surface area (Å²) in [7, 11) is -6.19. The Labute approximate surface area is 184 Å². The van der Waals surface area contributed by atoms with Gasteiger partial charge in [0.15, 0.2) is 0 Å². The Hall–Kier alpha value is -3.73. The maximum atomic E-state index is 12.9. The van der Waals surface area contributed by atoms with Gasteiger partial charge in [0.2, 0.25) is 0 Å². The molecule has 0 radical (unpaired) electrons. The number of rotatable bonds is 7. The summed E-state index contributed by atoms with van der Waals surface area (Å²) in [6.07, 6.45) is 0.436. The van der Waals surface area contributed by atoms with E-state index in [1.807, 2.05) is 0 Å². The molecule has 1 saturated carbocycles. The number of ether oxygens (including phenoxy) is 1. The average Bonchev–Trinajstić information content (AvgIpc) is 3.54. The molecule has 0 amide bonds. The molecule has 0 aliphatic heterocycles. The fourth-order valence-electron chi connectivity index (χ4n) is 3.04. The van der Waals surface area contributed by atoms with Crippen LogP contribution in [0.2, 0.25) is 0 Å². The molecule has 0 N–H and O–H groups in total. The van der Waals surface area contributed by atoms with E-state index in [9.17, 15) is 41.8 Å². The Kier molecular flexibility index (Phi) is 6.03. The Bertz CT molecular complexity index is 1270. The monoisotopic (exact) mass is 485 g/mol. The first-order valence-electron chi connectivity index (χ1n) is 9.24. The number of non-ortho nitro benzene ring substituents is 1. The Morgan fingerprint density at radius 1 is 1.30 bits per heavy atom. The van der Waals surface area contributed by atoms with Crippen molar-refractivity contribution in [2.75, 3.05) is 6.61 Å². The zero-order valence-electron chi connectivity index (χ0n) is 16.7. The van der Waals surface area contributed by atoms with Crippen LogP contribution in [0.5, 0.6) is 5.88 Å². The molecule has 0 unspecified atom stereocenters. The van der Waals surface area contributed by atoms with Crippen LogP contribution in [0, 0.1) is 21.4 Å². The quantitative estimate of drug-likeness (QED) is 0.189. The van der Waals surface area contributed by atoms with Crippen LogP contribution in [-0.4, -0.2) is 36.4 Å². The Morgan fingerprint density at radius 3 is 2.36 bits per heavy atom. The highest BCUT2D eigenvalue weighted by atomic mass is 32.2. The minimum absolute atomic E-state index is 0.0118. The lowest BCUT2D eigenvalue weighted by molar-refractivity contribution is -0.384. The summed E-state index contributed by atoms with van der Waals surface area (Å²) in [5.41, 5.74) is -8.27.